The quantitative estimate of drug-likeness (QED) is 0.418. The summed E-state index contributed by atoms with van der Waals surface area (Å²) in [7, 11) is -4.73. The predicted molar refractivity (Wildman–Crippen MR) is 82.0 cm³/mol. The molecule has 1 heterocycles. The van der Waals surface area contributed by atoms with Crippen molar-refractivity contribution in [2.45, 2.75) is 4.90 Å². The summed E-state index contributed by atoms with van der Waals surface area (Å²) in [6.45, 7) is 0. The Bertz CT molecular complexity index is 1010. The van der Waals surface area contributed by atoms with Gasteiger partial charge >= 0.3 is 17.1 Å². The van der Waals surface area contributed by atoms with Crippen LogP contribution in [0.25, 0.3) is 10.8 Å². The maximum absolute atomic E-state index is 11.5. The van der Waals surface area contributed by atoms with Crippen molar-refractivity contribution in [1.82, 2.24) is 4.98 Å². The molecule has 0 saturated carbocycles. The molecule has 0 atom stereocenters. The minimum absolute atomic E-state index is 0. The first-order valence-electron chi connectivity index (χ1n) is 6.50. The Labute approximate surface area is 148 Å². The molecular formula is C15H10CuN3O4S. The summed E-state index contributed by atoms with van der Waals surface area (Å²) in [5, 5.41) is 18.2. The number of hydrogen-bond acceptors (Lipinski definition) is 7. The summed E-state index contributed by atoms with van der Waals surface area (Å²) in [5.41, 5.74) is -0.122. The Balaban J connectivity index is 0.00000208. The van der Waals surface area contributed by atoms with Crippen LogP contribution >= 0.6 is 0 Å². The van der Waals surface area contributed by atoms with Crippen LogP contribution < -0.4 is 0 Å². The first-order chi connectivity index (χ1) is 11.0. The Hall–Kier alpha value is -2.32. The van der Waals surface area contributed by atoms with E-state index in [1.165, 1.54) is 18.3 Å². The molecule has 0 saturated heterocycles. The van der Waals surface area contributed by atoms with Crippen LogP contribution in [0.1, 0.15) is 0 Å². The molecular weight excluding hydrogens is 382 g/mol. The van der Waals surface area contributed by atoms with E-state index in [1.807, 2.05) is 0 Å². The maximum atomic E-state index is 11.5. The minimum atomic E-state index is -4.73. The van der Waals surface area contributed by atoms with E-state index in [0.29, 0.717) is 0 Å². The third kappa shape index (κ3) is 3.60. The van der Waals surface area contributed by atoms with Crippen molar-refractivity contribution in [3.8, 4) is 5.75 Å². The molecule has 0 bridgehead atoms. The SMILES string of the molecule is O=S(=O)([O-])c1cc(N=Nc2ccccn2)c(O)c2ccccc12.[Cu+]. The number of benzene rings is 2. The molecule has 0 aliphatic carbocycles. The minimum Gasteiger partial charge on any atom is -0.744 e. The van der Waals surface area contributed by atoms with Gasteiger partial charge in [0.05, 0.1) is 4.90 Å². The van der Waals surface area contributed by atoms with Gasteiger partial charge in [0, 0.05) is 17.0 Å². The van der Waals surface area contributed by atoms with Crippen molar-refractivity contribution in [2.24, 2.45) is 10.2 Å². The molecule has 3 aromatic rings. The number of rotatable bonds is 3. The van der Waals surface area contributed by atoms with Gasteiger partial charge in [0.1, 0.15) is 15.8 Å². The fourth-order valence-electron chi connectivity index (χ4n) is 2.11. The van der Waals surface area contributed by atoms with Crippen molar-refractivity contribution in [1.29, 1.82) is 0 Å². The predicted octanol–water partition coefficient (Wildman–Crippen LogP) is 3.26. The number of phenols is 1. The first-order valence-corrected chi connectivity index (χ1v) is 7.91. The van der Waals surface area contributed by atoms with Gasteiger partial charge in [-0.05, 0) is 18.2 Å². The molecule has 0 aliphatic rings. The van der Waals surface area contributed by atoms with E-state index in [9.17, 15) is 18.1 Å². The molecule has 9 heteroatoms. The van der Waals surface area contributed by atoms with Crippen LogP contribution in [-0.2, 0) is 27.2 Å². The average molecular weight is 392 g/mol. The van der Waals surface area contributed by atoms with E-state index in [1.54, 1.807) is 30.3 Å². The Morgan fingerprint density at radius 2 is 1.67 bits per heavy atom. The monoisotopic (exact) mass is 391 g/mol. The molecule has 7 nitrogen and oxygen atoms in total. The fourth-order valence-corrected chi connectivity index (χ4v) is 2.82. The third-order valence-corrected chi connectivity index (χ3v) is 4.01. The molecule has 1 aromatic heterocycles. The van der Waals surface area contributed by atoms with Crippen molar-refractivity contribution in [3.63, 3.8) is 0 Å². The number of hydrogen-bond donors (Lipinski definition) is 1. The summed E-state index contributed by atoms with van der Waals surface area (Å²) in [6, 6.07) is 12.1. The van der Waals surface area contributed by atoms with Crippen molar-refractivity contribution < 1.29 is 35.1 Å². The van der Waals surface area contributed by atoms with Gasteiger partial charge in [0.25, 0.3) is 0 Å². The van der Waals surface area contributed by atoms with Crippen molar-refractivity contribution in [2.75, 3.05) is 0 Å². The summed E-state index contributed by atoms with van der Waals surface area (Å²) in [6.07, 6.45) is 1.52. The van der Waals surface area contributed by atoms with Crippen molar-refractivity contribution in [3.05, 3.63) is 54.7 Å². The number of fused-ring (bicyclic) bond motifs is 1. The van der Waals surface area contributed by atoms with E-state index in [-0.39, 0.29) is 45.1 Å². The van der Waals surface area contributed by atoms with Crippen LogP contribution in [0.5, 0.6) is 5.75 Å². The van der Waals surface area contributed by atoms with E-state index >= 15 is 0 Å². The van der Waals surface area contributed by atoms with Crippen LogP contribution in [0.15, 0.2) is 69.9 Å². The van der Waals surface area contributed by atoms with Gasteiger partial charge in [-0.3, -0.25) is 0 Å². The fraction of sp³-hybridized carbons (Fsp3) is 0. The van der Waals surface area contributed by atoms with Gasteiger partial charge in [-0.15, -0.1) is 10.2 Å². The number of aromatic nitrogens is 1. The standard InChI is InChI=1S/C15H11N3O4S.Cu/c19-15-11-6-2-1-5-10(11)13(23(20,21)22)9-12(15)17-18-14-7-3-4-8-16-14;/h1-9,19H,(H,20,21,22);/q;+1/p-1. The summed E-state index contributed by atoms with van der Waals surface area (Å²) >= 11 is 0. The topological polar surface area (TPSA) is 115 Å². The first kappa shape index (κ1) is 18.0. The molecule has 1 N–H and O–H groups in total. The summed E-state index contributed by atoms with van der Waals surface area (Å²) in [4.78, 5) is 3.48. The maximum Gasteiger partial charge on any atom is 1.00 e. The van der Waals surface area contributed by atoms with Gasteiger partial charge in [-0.25, -0.2) is 13.4 Å². The van der Waals surface area contributed by atoms with Crippen molar-refractivity contribution >= 4 is 32.4 Å². The molecule has 126 valence electrons. The number of nitrogens with zero attached hydrogens (tertiary/aromatic N) is 3. The van der Waals surface area contributed by atoms with Gasteiger partial charge < -0.3 is 9.66 Å². The molecule has 0 fully saturated rings. The Morgan fingerprint density at radius 1 is 1.00 bits per heavy atom. The van der Waals surface area contributed by atoms with Crippen LogP contribution in [-0.4, -0.2) is 23.1 Å². The largest absolute Gasteiger partial charge is 1.00 e. The number of aromatic hydroxyl groups is 1. The number of azo groups is 1. The van der Waals surface area contributed by atoms with Gasteiger partial charge in [0.2, 0.25) is 0 Å². The zero-order valence-corrected chi connectivity index (χ0v) is 13.7. The zero-order valence-electron chi connectivity index (χ0n) is 11.9. The third-order valence-electron chi connectivity index (χ3n) is 3.14. The van der Waals surface area contributed by atoms with E-state index in [2.05, 4.69) is 15.2 Å². The van der Waals surface area contributed by atoms with Crippen LogP contribution in [0.2, 0.25) is 0 Å². The molecule has 2 aromatic carbocycles. The Morgan fingerprint density at radius 3 is 2.29 bits per heavy atom. The second kappa shape index (κ2) is 7.06. The smallest absolute Gasteiger partial charge is 0.744 e. The van der Waals surface area contributed by atoms with Crippen LogP contribution in [0.3, 0.4) is 0 Å². The van der Waals surface area contributed by atoms with Crippen LogP contribution in [0.4, 0.5) is 11.5 Å². The molecule has 0 radical (unpaired) electrons. The second-order valence-corrected chi connectivity index (χ2v) is 5.98. The zero-order chi connectivity index (χ0) is 16.4. The van der Waals surface area contributed by atoms with Gasteiger partial charge in [-0.1, -0.05) is 30.3 Å². The molecule has 0 unspecified atom stereocenters. The molecule has 0 spiro atoms. The summed E-state index contributed by atoms with van der Waals surface area (Å²) < 4.78 is 34.4. The van der Waals surface area contributed by atoms with Gasteiger partial charge in [0.15, 0.2) is 11.6 Å². The van der Waals surface area contributed by atoms with E-state index in [4.69, 9.17) is 0 Å². The summed E-state index contributed by atoms with van der Waals surface area (Å²) in [5.74, 6) is 0.0271. The average Bonchev–Trinajstić information content (AvgIpc) is 2.54. The molecule has 0 amide bonds. The molecule has 24 heavy (non-hydrogen) atoms. The number of phenolic OH excluding ortho intramolecular Hbond substituents is 1. The van der Waals surface area contributed by atoms with Gasteiger partial charge in [-0.2, -0.15) is 0 Å². The Kier molecular flexibility index (Phi) is 5.30. The molecule has 3 rings (SSSR count). The van der Waals surface area contributed by atoms with E-state index in [0.717, 1.165) is 6.07 Å². The van der Waals surface area contributed by atoms with E-state index < -0.39 is 15.0 Å². The second-order valence-electron chi connectivity index (χ2n) is 4.63. The normalized spacial score (nSPS) is 11.5. The number of pyridine rings is 1. The van der Waals surface area contributed by atoms with Crippen LogP contribution in [0, 0.1) is 0 Å². The molecule has 0 aliphatic heterocycles.